The van der Waals surface area contributed by atoms with Crippen LogP contribution in [0.1, 0.15) is 42.1 Å². The number of hydrogen-bond donors (Lipinski definition) is 2. The molecule has 1 unspecified atom stereocenters. The zero-order chi connectivity index (χ0) is 17.3. The minimum Gasteiger partial charge on any atom is -0.491 e. The summed E-state index contributed by atoms with van der Waals surface area (Å²) in [7, 11) is 1.59. The number of ether oxygens (including phenoxy) is 2. The Labute approximate surface area is 140 Å². The van der Waals surface area contributed by atoms with Crippen molar-refractivity contribution in [2.45, 2.75) is 44.4 Å². The first kappa shape index (κ1) is 16.7. The number of benzene rings is 1. The van der Waals surface area contributed by atoms with Gasteiger partial charge >= 0.3 is 0 Å². The van der Waals surface area contributed by atoms with Gasteiger partial charge in [0.15, 0.2) is 0 Å². The molecule has 2 aliphatic rings. The molecule has 2 N–H and O–H groups in total. The molecule has 0 spiro atoms. The molecule has 24 heavy (non-hydrogen) atoms. The average molecular weight is 334 g/mol. The summed E-state index contributed by atoms with van der Waals surface area (Å²) in [6.45, 7) is 2.68. The molecule has 1 aliphatic heterocycles. The molecule has 1 saturated carbocycles. The van der Waals surface area contributed by atoms with Gasteiger partial charge < -0.3 is 14.4 Å². The third-order valence-electron chi connectivity index (χ3n) is 4.99. The number of amides is 2. The molecule has 1 aromatic rings. The van der Waals surface area contributed by atoms with Crippen molar-refractivity contribution in [3.05, 3.63) is 29.3 Å². The van der Waals surface area contributed by atoms with Crippen LogP contribution in [0.3, 0.4) is 0 Å². The summed E-state index contributed by atoms with van der Waals surface area (Å²) in [5, 5.41) is 8.75. The Bertz CT molecular complexity index is 651. The van der Waals surface area contributed by atoms with Gasteiger partial charge in [-0.05, 0) is 38.3 Å². The Balaban J connectivity index is 1.87. The van der Waals surface area contributed by atoms with Crippen LogP contribution < -0.4 is 10.2 Å². The number of hydrogen-bond acceptors (Lipinski definition) is 5. The van der Waals surface area contributed by atoms with Crippen LogP contribution in [0.25, 0.3) is 0 Å². The molecule has 2 amide bonds. The Hall–Kier alpha value is -2.12. The van der Waals surface area contributed by atoms with Gasteiger partial charge in [0.2, 0.25) is 0 Å². The first-order valence-corrected chi connectivity index (χ1v) is 8.07. The van der Waals surface area contributed by atoms with Gasteiger partial charge in [0.05, 0.1) is 6.04 Å². The summed E-state index contributed by atoms with van der Waals surface area (Å²) in [6, 6.07) is 4.82. The fourth-order valence-electron chi connectivity index (χ4n) is 3.20. The van der Waals surface area contributed by atoms with Gasteiger partial charge in [-0.25, -0.2) is 5.48 Å². The van der Waals surface area contributed by atoms with Crippen LogP contribution in [0, 0.1) is 0 Å². The van der Waals surface area contributed by atoms with Gasteiger partial charge in [0.1, 0.15) is 18.0 Å². The van der Waals surface area contributed by atoms with E-state index in [2.05, 4.69) is 0 Å². The fraction of sp³-hybridized carbons (Fsp3) is 0.529. The second-order valence-electron chi connectivity index (χ2n) is 6.41. The number of carbonyl (C=O) groups excluding carboxylic acids is 2. The van der Waals surface area contributed by atoms with Crippen LogP contribution in [0.2, 0.25) is 0 Å². The van der Waals surface area contributed by atoms with Gasteiger partial charge in [0, 0.05) is 24.8 Å². The van der Waals surface area contributed by atoms with Crippen molar-refractivity contribution < 1.29 is 24.3 Å². The number of nitrogens with one attached hydrogen (secondary N) is 1. The van der Waals surface area contributed by atoms with E-state index in [0.717, 1.165) is 24.8 Å². The van der Waals surface area contributed by atoms with Crippen molar-refractivity contribution in [2.24, 2.45) is 0 Å². The van der Waals surface area contributed by atoms with Crippen LogP contribution in [0.15, 0.2) is 18.2 Å². The molecule has 130 valence electrons. The highest BCUT2D eigenvalue weighted by molar-refractivity contribution is 5.94. The zero-order valence-electron chi connectivity index (χ0n) is 13.9. The van der Waals surface area contributed by atoms with E-state index in [4.69, 9.17) is 14.7 Å². The Kier molecular flexibility index (Phi) is 4.47. The maximum atomic E-state index is 13.0. The first-order valence-electron chi connectivity index (χ1n) is 8.07. The van der Waals surface area contributed by atoms with Gasteiger partial charge in [-0.15, -0.1) is 0 Å². The van der Waals surface area contributed by atoms with Crippen molar-refractivity contribution in [1.82, 2.24) is 10.4 Å². The van der Waals surface area contributed by atoms with Crippen LogP contribution >= 0.6 is 0 Å². The van der Waals surface area contributed by atoms with E-state index < -0.39 is 11.5 Å². The average Bonchev–Trinajstić information content (AvgIpc) is 2.72. The summed E-state index contributed by atoms with van der Waals surface area (Å²) in [5.74, 6) is -0.0462. The van der Waals surface area contributed by atoms with Crippen LogP contribution in [-0.2, 0) is 16.1 Å². The maximum Gasteiger partial charge on any atom is 0.274 e. The number of hydroxylamine groups is 1. The molecule has 7 nitrogen and oxygen atoms in total. The Morgan fingerprint density at radius 3 is 2.75 bits per heavy atom. The molecule has 0 bridgehead atoms. The fourth-order valence-corrected chi connectivity index (χ4v) is 3.20. The van der Waals surface area contributed by atoms with Crippen LogP contribution in [0.5, 0.6) is 5.75 Å². The summed E-state index contributed by atoms with van der Waals surface area (Å²) < 4.78 is 11.3. The van der Waals surface area contributed by atoms with Crippen molar-refractivity contribution in [1.29, 1.82) is 0 Å². The molecule has 1 heterocycles. The van der Waals surface area contributed by atoms with E-state index >= 15 is 0 Å². The van der Waals surface area contributed by atoms with E-state index in [-0.39, 0.29) is 11.9 Å². The van der Waals surface area contributed by atoms with Crippen molar-refractivity contribution in [3.8, 4) is 5.75 Å². The number of carbonyl (C=O) groups is 2. The van der Waals surface area contributed by atoms with Gasteiger partial charge in [-0.1, -0.05) is 6.07 Å². The smallest absolute Gasteiger partial charge is 0.274 e. The highest BCUT2D eigenvalue weighted by atomic mass is 16.5. The molecule has 0 radical (unpaired) electrons. The minimum atomic E-state index is -0.699. The van der Waals surface area contributed by atoms with Crippen LogP contribution in [-0.4, -0.2) is 47.3 Å². The molecule has 1 atom stereocenters. The molecule has 3 rings (SSSR count). The third kappa shape index (κ3) is 2.74. The van der Waals surface area contributed by atoms with Crippen molar-refractivity contribution in [3.63, 3.8) is 0 Å². The van der Waals surface area contributed by atoms with Gasteiger partial charge in [-0.3, -0.25) is 14.8 Å². The van der Waals surface area contributed by atoms with Gasteiger partial charge in [0.25, 0.3) is 11.8 Å². The van der Waals surface area contributed by atoms with E-state index in [1.165, 1.54) is 0 Å². The Morgan fingerprint density at radius 1 is 1.42 bits per heavy atom. The lowest BCUT2D eigenvalue weighted by Gasteiger charge is -2.43. The lowest BCUT2D eigenvalue weighted by molar-refractivity contribution is -0.169. The largest absolute Gasteiger partial charge is 0.491 e. The zero-order valence-corrected chi connectivity index (χ0v) is 13.9. The molecule has 7 heteroatoms. The van der Waals surface area contributed by atoms with Crippen molar-refractivity contribution >= 4 is 11.8 Å². The number of fused-ring (bicyclic) bond motifs is 1. The second-order valence-corrected chi connectivity index (χ2v) is 6.41. The predicted molar refractivity (Wildman–Crippen MR) is 84.8 cm³/mol. The summed E-state index contributed by atoms with van der Waals surface area (Å²) in [6.07, 6.45) is 2.48. The second kappa shape index (κ2) is 6.41. The lowest BCUT2D eigenvalue weighted by atomic mass is 9.78. The molecule has 0 saturated heterocycles. The molecule has 1 fully saturated rings. The lowest BCUT2D eigenvalue weighted by Crippen LogP contribution is -2.56. The van der Waals surface area contributed by atoms with Crippen molar-refractivity contribution in [2.75, 3.05) is 13.7 Å². The van der Waals surface area contributed by atoms with Crippen LogP contribution in [0.4, 0.5) is 0 Å². The minimum absolute atomic E-state index is 0.00243. The van der Waals surface area contributed by atoms with E-state index in [9.17, 15) is 9.59 Å². The highest BCUT2D eigenvalue weighted by Gasteiger charge is 2.48. The predicted octanol–water partition coefficient (Wildman–Crippen LogP) is 1.48. The highest BCUT2D eigenvalue weighted by Crippen LogP contribution is 2.38. The first-order chi connectivity index (χ1) is 11.5. The molecule has 0 aromatic heterocycles. The van der Waals surface area contributed by atoms with E-state index in [1.54, 1.807) is 35.7 Å². The Morgan fingerprint density at radius 2 is 2.17 bits per heavy atom. The molecular formula is C17H22N2O5. The normalized spacial score (nSPS) is 21.8. The van der Waals surface area contributed by atoms with Gasteiger partial charge in [-0.2, -0.15) is 0 Å². The van der Waals surface area contributed by atoms with E-state index in [1.807, 2.05) is 6.92 Å². The molecular weight excluding hydrogens is 312 g/mol. The quantitative estimate of drug-likeness (QED) is 0.646. The monoisotopic (exact) mass is 334 g/mol. The molecule has 1 aliphatic carbocycles. The van der Waals surface area contributed by atoms with E-state index in [0.29, 0.717) is 24.5 Å². The SMILES string of the molecule is COC1(C(=O)N2Cc3ccc(C(=O)NO)cc3OCC2C)CCC1. The third-order valence-corrected chi connectivity index (χ3v) is 4.99. The summed E-state index contributed by atoms with van der Waals surface area (Å²) in [5.41, 5.74) is 2.04. The summed E-state index contributed by atoms with van der Waals surface area (Å²) in [4.78, 5) is 26.3. The molecule has 1 aromatic carbocycles. The standard InChI is InChI=1S/C17H22N2O5/c1-11-10-24-14-8-12(15(20)18-22)4-5-13(14)9-19(11)16(21)17(23-2)6-3-7-17/h4-5,8,11,22H,3,6-7,9-10H2,1-2H3,(H,18,20). The summed E-state index contributed by atoms with van der Waals surface area (Å²) >= 11 is 0. The number of rotatable bonds is 3. The number of methoxy groups -OCH3 is 1. The number of nitrogens with zero attached hydrogens (tertiary/aromatic N) is 1. The maximum absolute atomic E-state index is 13.0. The topological polar surface area (TPSA) is 88.1 Å².